The minimum Gasteiger partial charge on any atom is -0.494 e. The summed E-state index contributed by atoms with van der Waals surface area (Å²) >= 11 is 0.999. The fraction of sp³-hybridized carbons (Fsp3) is 0.208. The van der Waals surface area contributed by atoms with Crippen molar-refractivity contribution in [2.45, 2.75) is 26.3 Å². The summed E-state index contributed by atoms with van der Waals surface area (Å²) in [5.41, 5.74) is 2.45. The third kappa shape index (κ3) is 4.97. The first-order chi connectivity index (χ1) is 15.5. The molecule has 0 atom stereocenters. The Morgan fingerprint density at radius 1 is 1.09 bits per heavy atom. The van der Waals surface area contributed by atoms with Crippen LogP contribution in [-0.2, 0) is 19.4 Å². The Labute approximate surface area is 188 Å². The van der Waals surface area contributed by atoms with Gasteiger partial charge in [-0.05, 0) is 17.7 Å². The third-order valence-corrected chi connectivity index (χ3v) is 5.92. The molecule has 0 fully saturated rings. The van der Waals surface area contributed by atoms with E-state index in [-0.39, 0.29) is 16.3 Å². The highest BCUT2D eigenvalue weighted by Crippen LogP contribution is 2.22. The number of aromatic nitrogens is 3. The van der Waals surface area contributed by atoms with Crippen LogP contribution in [0.3, 0.4) is 0 Å². The molecule has 0 unspecified atom stereocenters. The van der Waals surface area contributed by atoms with Crippen LogP contribution in [0.5, 0.6) is 11.6 Å². The van der Waals surface area contributed by atoms with Crippen molar-refractivity contribution in [3.05, 3.63) is 96.9 Å². The zero-order valence-corrected chi connectivity index (χ0v) is 18.4. The first-order valence-corrected chi connectivity index (χ1v) is 11.1. The van der Waals surface area contributed by atoms with Crippen LogP contribution < -0.4 is 15.2 Å². The van der Waals surface area contributed by atoms with Gasteiger partial charge in [-0.2, -0.15) is 0 Å². The van der Waals surface area contributed by atoms with E-state index in [1.807, 2.05) is 61.5 Å². The SMILES string of the molecule is CCc1nc(-c2ccccc2)cc(=O)n1CCOc1ccc(Cc2sc(=O)[nH]c2O)cc1. The van der Waals surface area contributed by atoms with Crippen LogP contribution in [0.25, 0.3) is 11.3 Å². The van der Waals surface area contributed by atoms with Gasteiger partial charge in [0.1, 0.15) is 18.2 Å². The van der Waals surface area contributed by atoms with Crippen LogP contribution in [0.4, 0.5) is 0 Å². The highest BCUT2D eigenvalue weighted by Gasteiger charge is 2.10. The summed E-state index contributed by atoms with van der Waals surface area (Å²) in [6, 6.07) is 18.7. The maximum Gasteiger partial charge on any atom is 0.307 e. The summed E-state index contributed by atoms with van der Waals surface area (Å²) in [6.45, 7) is 2.71. The van der Waals surface area contributed by atoms with E-state index in [1.165, 1.54) is 0 Å². The van der Waals surface area contributed by atoms with Crippen LogP contribution in [0, 0.1) is 0 Å². The maximum atomic E-state index is 12.7. The standard InChI is InChI=1S/C24H23N3O4S/c1-2-21-25-19(17-6-4-3-5-7-17)15-22(28)27(21)12-13-31-18-10-8-16(9-11-18)14-20-23(29)26-24(30)32-20/h3-11,15,29H,2,12-14H2,1H3,(H,26,30). The van der Waals surface area contributed by atoms with Crippen molar-refractivity contribution in [2.24, 2.45) is 0 Å². The van der Waals surface area contributed by atoms with Crippen molar-refractivity contribution in [1.82, 2.24) is 14.5 Å². The monoisotopic (exact) mass is 449 g/mol. The molecule has 2 aromatic heterocycles. The second kappa shape index (κ2) is 9.65. The largest absolute Gasteiger partial charge is 0.494 e. The first-order valence-electron chi connectivity index (χ1n) is 10.3. The topological polar surface area (TPSA) is 97.2 Å². The minimum absolute atomic E-state index is 0.0793. The minimum atomic E-state index is -0.273. The van der Waals surface area contributed by atoms with Gasteiger partial charge in [-0.1, -0.05) is 60.7 Å². The van der Waals surface area contributed by atoms with Crippen molar-refractivity contribution in [1.29, 1.82) is 0 Å². The number of aryl methyl sites for hydroxylation is 1. The number of H-pyrrole nitrogens is 1. The predicted molar refractivity (Wildman–Crippen MR) is 125 cm³/mol. The number of hydrogen-bond acceptors (Lipinski definition) is 6. The molecule has 0 radical (unpaired) electrons. The molecule has 0 saturated heterocycles. The molecule has 164 valence electrons. The fourth-order valence-electron chi connectivity index (χ4n) is 3.44. The van der Waals surface area contributed by atoms with Crippen molar-refractivity contribution in [3.63, 3.8) is 0 Å². The van der Waals surface area contributed by atoms with E-state index >= 15 is 0 Å². The molecule has 2 aromatic carbocycles. The Morgan fingerprint density at radius 2 is 1.84 bits per heavy atom. The smallest absolute Gasteiger partial charge is 0.307 e. The number of benzene rings is 2. The van der Waals surface area contributed by atoms with Crippen molar-refractivity contribution < 1.29 is 9.84 Å². The van der Waals surface area contributed by atoms with Crippen LogP contribution in [0.1, 0.15) is 23.2 Å². The Kier molecular flexibility index (Phi) is 6.51. The predicted octanol–water partition coefficient (Wildman–Crippen LogP) is 3.60. The molecule has 7 nitrogen and oxygen atoms in total. The van der Waals surface area contributed by atoms with Gasteiger partial charge >= 0.3 is 4.87 Å². The summed E-state index contributed by atoms with van der Waals surface area (Å²) in [5.74, 6) is 1.32. The number of thiazole rings is 1. The van der Waals surface area contributed by atoms with Crippen LogP contribution >= 0.6 is 11.3 Å². The third-order valence-electron chi connectivity index (χ3n) is 5.05. The molecule has 8 heteroatoms. The molecule has 32 heavy (non-hydrogen) atoms. The molecule has 0 saturated carbocycles. The number of aromatic hydroxyl groups is 1. The van der Waals surface area contributed by atoms with Crippen molar-refractivity contribution in [2.75, 3.05) is 6.61 Å². The maximum absolute atomic E-state index is 12.7. The molecular weight excluding hydrogens is 426 g/mol. The molecule has 0 aliphatic heterocycles. The molecule has 4 rings (SSSR count). The van der Waals surface area contributed by atoms with E-state index in [2.05, 4.69) is 9.97 Å². The van der Waals surface area contributed by atoms with Gasteiger partial charge in [0.2, 0.25) is 5.88 Å². The highest BCUT2D eigenvalue weighted by molar-refractivity contribution is 7.09. The zero-order chi connectivity index (χ0) is 22.5. The lowest BCUT2D eigenvalue weighted by molar-refractivity contribution is 0.293. The molecule has 0 spiro atoms. The molecule has 0 aliphatic rings. The van der Waals surface area contributed by atoms with E-state index in [1.54, 1.807) is 10.6 Å². The van der Waals surface area contributed by atoms with E-state index in [0.29, 0.717) is 42.3 Å². The molecular formula is C24H23N3O4S. The highest BCUT2D eigenvalue weighted by atomic mass is 32.1. The second-order valence-electron chi connectivity index (χ2n) is 7.22. The average molecular weight is 450 g/mol. The lowest BCUT2D eigenvalue weighted by atomic mass is 10.1. The molecule has 2 heterocycles. The number of ether oxygens (including phenoxy) is 1. The molecule has 0 amide bonds. The van der Waals surface area contributed by atoms with E-state index in [4.69, 9.17) is 4.74 Å². The Bertz CT molecular complexity index is 1310. The quantitative estimate of drug-likeness (QED) is 0.428. The lowest BCUT2D eigenvalue weighted by Gasteiger charge is -2.13. The fourth-order valence-corrected chi connectivity index (χ4v) is 4.19. The summed E-state index contributed by atoms with van der Waals surface area (Å²) < 4.78 is 7.47. The first kappa shape index (κ1) is 21.6. The van der Waals surface area contributed by atoms with E-state index in [9.17, 15) is 14.7 Å². The number of nitrogens with zero attached hydrogens (tertiary/aromatic N) is 2. The summed E-state index contributed by atoms with van der Waals surface area (Å²) in [5, 5.41) is 9.72. The number of hydrogen-bond donors (Lipinski definition) is 2. The molecule has 4 aromatic rings. The van der Waals surface area contributed by atoms with Crippen LogP contribution in [-0.4, -0.2) is 26.2 Å². The van der Waals surface area contributed by atoms with Crippen molar-refractivity contribution in [3.8, 4) is 22.9 Å². The Morgan fingerprint density at radius 3 is 2.50 bits per heavy atom. The molecule has 0 bridgehead atoms. The zero-order valence-electron chi connectivity index (χ0n) is 17.6. The van der Waals surface area contributed by atoms with Gasteiger partial charge < -0.3 is 9.84 Å². The van der Waals surface area contributed by atoms with Crippen LogP contribution in [0.2, 0.25) is 0 Å². The van der Waals surface area contributed by atoms with Crippen molar-refractivity contribution >= 4 is 11.3 Å². The number of rotatable bonds is 8. The van der Waals surface area contributed by atoms with Gasteiger partial charge in [0.05, 0.1) is 17.1 Å². The van der Waals surface area contributed by atoms with Gasteiger partial charge in [-0.15, -0.1) is 0 Å². The Hall–Kier alpha value is -3.65. The summed E-state index contributed by atoms with van der Waals surface area (Å²) in [6.07, 6.45) is 1.10. The van der Waals surface area contributed by atoms with Crippen LogP contribution in [0.15, 0.2) is 70.3 Å². The summed E-state index contributed by atoms with van der Waals surface area (Å²) in [7, 11) is 0. The number of aromatic amines is 1. The Balaban J connectivity index is 1.40. The van der Waals surface area contributed by atoms with Gasteiger partial charge in [0, 0.05) is 24.5 Å². The average Bonchev–Trinajstić information content (AvgIpc) is 3.12. The molecule has 0 aliphatic carbocycles. The molecule has 2 N–H and O–H groups in total. The second-order valence-corrected chi connectivity index (χ2v) is 8.29. The normalized spacial score (nSPS) is 10.9. The van der Waals surface area contributed by atoms with Gasteiger partial charge in [0.25, 0.3) is 5.56 Å². The van der Waals surface area contributed by atoms with E-state index in [0.717, 1.165) is 28.3 Å². The van der Waals surface area contributed by atoms with Gasteiger partial charge in [0.15, 0.2) is 0 Å². The van der Waals surface area contributed by atoms with E-state index < -0.39 is 0 Å². The number of nitrogens with one attached hydrogen (secondary N) is 1. The lowest BCUT2D eigenvalue weighted by Crippen LogP contribution is -2.27. The van der Waals surface area contributed by atoms with Gasteiger partial charge in [-0.3, -0.25) is 19.1 Å². The summed E-state index contributed by atoms with van der Waals surface area (Å²) in [4.78, 5) is 31.4. The van der Waals surface area contributed by atoms with Gasteiger partial charge in [-0.25, -0.2) is 4.98 Å².